The van der Waals surface area contributed by atoms with Crippen molar-refractivity contribution in [3.05, 3.63) is 40.1 Å². The van der Waals surface area contributed by atoms with E-state index in [1.54, 1.807) is 17.5 Å². The van der Waals surface area contributed by atoms with Crippen LogP contribution in [0.15, 0.2) is 23.8 Å². The average molecular weight is 331 g/mol. The summed E-state index contributed by atoms with van der Waals surface area (Å²) in [6, 6.07) is 2.25. The van der Waals surface area contributed by atoms with Crippen LogP contribution in [-0.4, -0.2) is 33.9 Å². The van der Waals surface area contributed by atoms with Crippen molar-refractivity contribution >= 4 is 38.0 Å². The van der Waals surface area contributed by atoms with E-state index in [9.17, 15) is 4.79 Å². The van der Waals surface area contributed by atoms with E-state index in [0.717, 1.165) is 25.3 Å². The number of carbonyl (C=O) groups is 1. The van der Waals surface area contributed by atoms with E-state index in [-0.39, 0.29) is 5.91 Å². The molecule has 4 rings (SSSR count). The SMILES string of the molecule is CCc1cc2c(CC(=O)N3CC(c4ncc[nH]4)C3)csc2s1. The molecule has 1 N–H and O–H groups in total. The zero-order valence-electron chi connectivity index (χ0n) is 12.3. The molecule has 3 aromatic rings. The highest BCUT2D eigenvalue weighted by Crippen LogP contribution is 2.35. The van der Waals surface area contributed by atoms with Crippen molar-refractivity contribution in [3.63, 3.8) is 0 Å². The molecular formula is C16H17N3OS2. The molecule has 1 fully saturated rings. The van der Waals surface area contributed by atoms with Gasteiger partial charge in [-0.3, -0.25) is 4.79 Å². The third-order valence-electron chi connectivity index (χ3n) is 4.23. The summed E-state index contributed by atoms with van der Waals surface area (Å²) in [6.07, 6.45) is 5.19. The minimum Gasteiger partial charge on any atom is -0.348 e. The third-order valence-corrected chi connectivity index (χ3v) is 6.68. The van der Waals surface area contributed by atoms with Crippen LogP contribution in [0, 0.1) is 0 Å². The summed E-state index contributed by atoms with van der Waals surface area (Å²) >= 11 is 3.61. The predicted molar refractivity (Wildman–Crippen MR) is 90.7 cm³/mol. The van der Waals surface area contributed by atoms with Crippen molar-refractivity contribution in [2.75, 3.05) is 13.1 Å². The lowest BCUT2D eigenvalue weighted by molar-refractivity contribution is -0.134. The number of H-pyrrole nitrogens is 1. The number of amides is 1. The second-order valence-electron chi connectivity index (χ2n) is 5.68. The number of aryl methyl sites for hydroxylation is 1. The monoisotopic (exact) mass is 331 g/mol. The van der Waals surface area contributed by atoms with Crippen molar-refractivity contribution in [1.82, 2.24) is 14.9 Å². The van der Waals surface area contributed by atoms with Crippen molar-refractivity contribution in [1.29, 1.82) is 0 Å². The fourth-order valence-electron chi connectivity index (χ4n) is 2.86. The molecular weight excluding hydrogens is 314 g/mol. The van der Waals surface area contributed by atoms with E-state index in [1.807, 2.05) is 22.4 Å². The lowest BCUT2D eigenvalue weighted by Gasteiger charge is -2.38. The molecule has 6 heteroatoms. The number of fused-ring (bicyclic) bond motifs is 1. The molecule has 1 aliphatic heterocycles. The zero-order chi connectivity index (χ0) is 15.1. The number of likely N-dealkylation sites (tertiary alicyclic amines) is 1. The standard InChI is InChI=1S/C16H17N3OS2/c1-2-12-6-13-10(9-21-16(13)22-12)5-14(20)19-7-11(8-19)15-17-3-4-18-15/h3-4,6,9,11H,2,5,7-8H2,1H3,(H,17,18). The maximum absolute atomic E-state index is 12.4. The molecule has 0 spiro atoms. The Morgan fingerprint density at radius 2 is 2.36 bits per heavy atom. The lowest BCUT2D eigenvalue weighted by atomic mass is 9.98. The van der Waals surface area contributed by atoms with Gasteiger partial charge in [-0.25, -0.2) is 4.98 Å². The number of imidazole rings is 1. The molecule has 1 aliphatic rings. The summed E-state index contributed by atoms with van der Waals surface area (Å²) < 4.78 is 1.34. The lowest BCUT2D eigenvalue weighted by Crippen LogP contribution is -2.49. The van der Waals surface area contributed by atoms with Crippen LogP contribution in [0.2, 0.25) is 0 Å². The Kier molecular flexibility index (Phi) is 3.50. The highest BCUT2D eigenvalue weighted by atomic mass is 32.2. The number of rotatable bonds is 4. The van der Waals surface area contributed by atoms with Gasteiger partial charge < -0.3 is 9.88 Å². The van der Waals surface area contributed by atoms with Crippen molar-refractivity contribution in [2.24, 2.45) is 0 Å². The average Bonchev–Trinajstić information content (AvgIpc) is 3.15. The predicted octanol–water partition coefficient (Wildman–Crippen LogP) is 3.42. The summed E-state index contributed by atoms with van der Waals surface area (Å²) in [5.41, 5.74) is 1.18. The van der Waals surface area contributed by atoms with Gasteiger partial charge in [-0.2, -0.15) is 0 Å². The van der Waals surface area contributed by atoms with Crippen LogP contribution in [0.25, 0.3) is 9.40 Å². The molecule has 22 heavy (non-hydrogen) atoms. The smallest absolute Gasteiger partial charge is 0.227 e. The molecule has 1 amide bonds. The van der Waals surface area contributed by atoms with E-state index in [1.165, 1.54) is 19.8 Å². The van der Waals surface area contributed by atoms with Gasteiger partial charge in [0.05, 0.1) is 16.4 Å². The summed E-state index contributed by atoms with van der Waals surface area (Å²) in [4.78, 5) is 23.2. The van der Waals surface area contributed by atoms with Gasteiger partial charge in [0.1, 0.15) is 5.82 Å². The first-order valence-corrected chi connectivity index (χ1v) is 9.20. The number of nitrogens with one attached hydrogen (secondary N) is 1. The van der Waals surface area contributed by atoms with Gasteiger partial charge >= 0.3 is 0 Å². The van der Waals surface area contributed by atoms with Gasteiger partial charge in [0, 0.05) is 35.7 Å². The van der Waals surface area contributed by atoms with E-state index >= 15 is 0 Å². The molecule has 114 valence electrons. The Balaban J connectivity index is 1.42. The first kappa shape index (κ1) is 14.0. The molecule has 3 aromatic heterocycles. The minimum absolute atomic E-state index is 0.228. The summed E-state index contributed by atoms with van der Waals surface area (Å²) in [5, 5.41) is 3.42. The number of nitrogens with zero attached hydrogens (tertiary/aromatic N) is 2. The Bertz CT molecular complexity index is 797. The van der Waals surface area contributed by atoms with E-state index < -0.39 is 0 Å². The van der Waals surface area contributed by atoms with E-state index in [2.05, 4.69) is 28.3 Å². The van der Waals surface area contributed by atoms with Gasteiger partial charge in [-0.05, 0) is 23.4 Å². The third kappa shape index (κ3) is 2.36. The quantitative estimate of drug-likeness (QED) is 0.796. The molecule has 4 nitrogen and oxygen atoms in total. The summed E-state index contributed by atoms with van der Waals surface area (Å²) in [7, 11) is 0. The molecule has 0 unspecified atom stereocenters. The Labute approximate surface area is 136 Å². The van der Waals surface area contributed by atoms with Gasteiger partial charge in [0.25, 0.3) is 0 Å². The molecule has 0 radical (unpaired) electrons. The van der Waals surface area contributed by atoms with Crippen molar-refractivity contribution in [2.45, 2.75) is 25.7 Å². The molecule has 0 aliphatic carbocycles. The number of hydrogen-bond donors (Lipinski definition) is 1. The van der Waals surface area contributed by atoms with E-state index in [0.29, 0.717) is 12.3 Å². The second kappa shape index (κ2) is 5.52. The highest BCUT2D eigenvalue weighted by Gasteiger charge is 2.33. The molecule has 1 saturated heterocycles. The van der Waals surface area contributed by atoms with Crippen LogP contribution in [0.1, 0.15) is 29.1 Å². The molecule has 0 aromatic carbocycles. The molecule has 0 saturated carbocycles. The number of hydrogen-bond acceptors (Lipinski definition) is 4. The van der Waals surface area contributed by atoms with Gasteiger partial charge in [-0.15, -0.1) is 22.7 Å². The molecule has 4 heterocycles. The number of carbonyl (C=O) groups excluding carboxylic acids is 1. The van der Waals surface area contributed by atoms with Crippen LogP contribution in [0.3, 0.4) is 0 Å². The normalized spacial score (nSPS) is 15.4. The molecule has 0 atom stereocenters. The fraction of sp³-hybridized carbons (Fsp3) is 0.375. The minimum atomic E-state index is 0.228. The number of aromatic amines is 1. The maximum atomic E-state index is 12.4. The number of thiophene rings is 2. The highest BCUT2D eigenvalue weighted by molar-refractivity contribution is 7.37. The van der Waals surface area contributed by atoms with Crippen LogP contribution >= 0.6 is 22.7 Å². The summed E-state index contributed by atoms with van der Waals surface area (Å²) in [5.74, 6) is 1.59. The van der Waals surface area contributed by atoms with Crippen LogP contribution in [0.5, 0.6) is 0 Å². The van der Waals surface area contributed by atoms with Gasteiger partial charge in [0.2, 0.25) is 5.91 Å². The summed E-state index contributed by atoms with van der Waals surface area (Å²) in [6.45, 7) is 3.74. The maximum Gasteiger partial charge on any atom is 0.227 e. The van der Waals surface area contributed by atoms with Crippen molar-refractivity contribution < 1.29 is 4.79 Å². The zero-order valence-corrected chi connectivity index (χ0v) is 14.0. The topological polar surface area (TPSA) is 49.0 Å². The van der Waals surface area contributed by atoms with Crippen molar-refractivity contribution in [3.8, 4) is 0 Å². The second-order valence-corrected chi connectivity index (χ2v) is 7.95. The van der Waals surface area contributed by atoms with Crippen LogP contribution in [-0.2, 0) is 17.6 Å². The van der Waals surface area contributed by atoms with Crippen LogP contribution < -0.4 is 0 Å². The Morgan fingerprint density at radius 1 is 1.50 bits per heavy atom. The molecule has 0 bridgehead atoms. The largest absolute Gasteiger partial charge is 0.348 e. The van der Waals surface area contributed by atoms with Gasteiger partial charge in [0.15, 0.2) is 0 Å². The van der Waals surface area contributed by atoms with Crippen LogP contribution in [0.4, 0.5) is 0 Å². The first-order chi connectivity index (χ1) is 10.7. The Hall–Kier alpha value is -1.66. The van der Waals surface area contributed by atoms with E-state index in [4.69, 9.17) is 0 Å². The fourth-order valence-corrected chi connectivity index (χ4v) is 5.16. The van der Waals surface area contributed by atoms with Gasteiger partial charge in [-0.1, -0.05) is 6.92 Å². The first-order valence-electron chi connectivity index (χ1n) is 7.50. The Morgan fingerprint density at radius 3 is 3.09 bits per heavy atom. The number of aromatic nitrogens is 2.